The van der Waals surface area contributed by atoms with E-state index >= 15 is 0 Å². The fraction of sp³-hybridized carbons (Fsp3) is 1.00. The summed E-state index contributed by atoms with van der Waals surface area (Å²) in [7, 11) is 0. The standard InChI is InChI=1S/C17H34N2O/c1-4-15-12-18-17(14(2)3)13-19(15)10-11-20-16-8-6-5-7-9-16/h14-18H,4-13H2,1-3H3. The fourth-order valence-corrected chi connectivity index (χ4v) is 3.57. The molecule has 2 aliphatic rings. The second kappa shape index (κ2) is 8.35. The molecule has 2 atom stereocenters. The van der Waals surface area contributed by atoms with Crippen LogP contribution >= 0.6 is 0 Å². The summed E-state index contributed by atoms with van der Waals surface area (Å²) in [6, 6.07) is 1.34. The van der Waals surface area contributed by atoms with E-state index in [9.17, 15) is 0 Å². The summed E-state index contributed by atoms with van der Waals surface area (Å²) in [5.74, 6) is 0.717. The van der Waals surface area contributed by atoms with Crippen molar-refractivity contribution in [3.63, 3.8) is 0 Å². The number of hydrogen-bond donors (Lipinski definition) is 1. The van der Waals surface area contributed by atoms with Gasteiger partial charge in [-0.2, -0.15) is 0 Å². The van der Waals surface area contributed by atoms with Gasteiger partial charge in [0.2, 0.25) is 0 Å². The molecule has 2 fully saturated rings. The van der Waals surface area contributed by atoms with Gasteiger partial charge in [-0.3, -0.25) is 4.90 Å². The predicted octanol–water partition coefficient (Wildman–Crippen LogP) is 3.04. The molecular formula is C17H34N2O. The number of hydrogen-bond acceptors (Lipinski definition) is 3. The Morgan fingerprint density at radius 3 is 2.60 bits per heavy atom. The molecule has 3 nitrogen and oxygen atoms in total. The lowest BCUT2D eigenvalue weighted by Crippen LogP contribution is -2.58. The predicted molar refractivity (Wildman–Crippen MR) is 85.1 cm³/mol. The van der Waals surface area contributed by atoms with Crippen molar-refractivity contribution in [2.75, 3.05) is 26.2 Å². The van der Waals surface area contributed by atoms with Crippen molar-refractivity contribution >= 4 is 0 Å². The molecule has 0 aromatic heterocycles. The van der Waals surface area contributed by atoms with Gasteiger partial charge >= 0.3 is 0 Å². The zero-order chi connectivity index (χ0) is 14.4. The lowest BCUT2D eigenvalue weighted by atomic mass is 9.97. The Labute approximate surface area is 125 Å². The van der Waals surface area contributed by atoms with Gasteiger partial charge in [0.1, 0.15) is 0 Å². The fourth-order valence-electron chi connectivity index (χ4n) is 3.57. The number of nitrogens with one attached hydrogen (secondary N) is 1. The van der Waals surface area contributed by atoms with Crippen molar-refractivity contribution in [3.8, 4) is 0 Å². The third-order valence-corrected chi connectivity index (χ3v) is 5.12. The minimum atomic E-state index is 0.549. The van der Waals surface area contributed by atoms with Crippen LogP contribution in [0.15, 0.2) is 0 Å². The smallest absolute Gasteiger partial charge is 0.0597 e. The summed E-state index contributed by atoms with van der Waals surface area (Å²) < 4.78 is 6.11. The van der Waals surface area contributed by atoms with Gasteiger partial charge in [-0.1, -0.05) is 40.0 Å². The molecule has 1 heterocycles. The molecule has 1 N–H and O–H groups in total. The van der Waals surface area contributed by atoms with Crippen molar-refractivity contribution in [2.45, 2.75) is 77.5 Å². The first-order valence-electron chi connectivity index (χ1n) is 8.79. The highest BCUT2D eigenvalue weighted by atomic mass is 16.5. The Hall–Kier alpha value is -0.120. The van der Waals surface area contributed by atoms with Gasteiger partial charge in [0, 0.05) is 31.7 Å². The second-order valence-electron chi connectivity index (χ2n) is 6.95. The molecule has 2 unspecified atom stereocenters. The van der Waals surface area contributed by atoms with E-state index in [1.54, 1.807) is 0 Å². The van der Waals surface area contributed by atoms with Gasteiger partial charge in [-0.25, -0.2) is 0 Å². The molecule has 0 amide bonds. The number of piperazine rings is 1. The monoisotopic (exact) mass is 282 g/mol. The van der Waals surface area contributed by atoms with Crippen molar-refractivity contribution in [3.05, 3.63) is 0 Å². The zero-order valence-electron chi connectivity index (χ0n) is 13.7. The van der Waals surface area contributed by atoms with E-state index < -0.39 is 0 Å². The average molecular weight is 282 g/mol. The topological polar surface area (TPSA) is 24.5 Å². The highest BCUT2D eigenvalue weighted by Gasteiger charge is 2.28. The molecule has 1 aliphatic heterocycles. The Morgan fingerprint density at radius 2 is 1.95 bits per heavy atom. The van der Waals surface area contributed by atoms with Crippen molar-refractivity contribution in [2.24, 2.45) is 5.92 Å². The second-order valence-corrected chi connectivity index (χ2v) is 6.95. The first-order chi connectivity index (χ1) is 9.70. The molecule has 2 rings (SSSR count). The van der Waals surface area contributed by atoms with Gasteiger partial charge in [0.05, 0.1) is 12.7 Å². The molecule has 1 saturated carbocycles. The lowest BCUT2D eigenvalue weighted by molar-refractivity contribution is 0.00151. The largest absolute Gasteiger partial charge is 0.377 e. The van der Waals surface area contributed by atoms with Crippen LogP contribution in [0.2, 0.25) is 0 Å². The Balaban J connectivity index is 1.72. The number of rotatable bonds is 6. The maximum atomic E-state index is 6.11. The minimum Gasteiger partial charge on any atom is -0.377 e. The highest BCUT2D eigenvalue weighted by molar-refractivity contribution is 4.86. The average Bonchev–Trinajstić information content (AvgIpc) is 2.48. The molecular weight excluding hydrogens is 248 g/mol. The summed E-state index contributed by atoms with van der Waals surface area (Å²) in [5.41, 5.74) is 0. The van der Waals surface area contributed by atoms with Crippen LogP contribution in [0.5, 0.6) is 0 Å². The van der Waals surface area contributed by atoms with Gasteiger partial charge in [-0.05, 0) is 25.2 Å². The molecule has 0 aromatic carbocycles. The molecule has 0 spiro atoms. The van der Waals surface area contributed by atoms with E-state index in [-0.39, 0.29) is 0 Å². The first kappa shape index (κ1) is 16.3. The molecule has 118 valence electrons. The molecule has 0 aromatic rings. The van der Waals surface area contributed by atoms with E-state index in [4.69, 9.17) is 4.74 Å². The van der Waals surface area contributed by atoms with E-state index in [1.807, 2.05) is 0 Å². The lowest BCUT2D eigenvalue weighted by Gasteiger charge is -2.41. The van der Waals surface area contributed by atoms with E-state index in [1.165, 1.54) is 45.1 Å². The molecule has 1 saturated heterocycles. The normalized spacial score (nSPS) is 30.0. The first-order valence-corrected chi connectivity index (χ1v) is 8.79. The van der Waals surface area contributed by atoms with Crippen LogP contribution in [-0.4, -0.2) is 49.3 Å². The van der Waals surface area contributed by atoms with E-state index in [0.29, 0.717) is 18.2 Å². The van der Waals surface area contributed by atoms with Crippen LogP contribution < -0.4 is 5.32 Å². The van der Waals surface area contributed by atoms with E-state index in [2.05, 4.69) is 31.0 Å². The summed E-state index contributed by atoms with van der Waals surface area (Å²) >= 11 is 0. The van der Waals surface area contributed by atoms with Crippen molar-refractivity contribution < 1.29 is 4.74 Å². The minimum absolute atomic E-state index is 0.549. The summed E-state index contributed by atoms with van der Waals surface area (Å²) in [6.07, 6.45) is 8.50. The van der Waals surface area contributed by atoms with Gasteiger partial charge in [-0.15, -0.1) is 0 Å². The van der Waals surface area contributed by atoms with Crippen LogP contribution in [-0.2, 0) is 4.74 Å². The molecule has 0 radical (unpaired) electrons. The third kappa shape index (κ3) is 4.71. The number of nitrogens with zero attached hydrogens (tertiary/aromatic N) is 1. The van der Waals surface area contributed by atoms with Gasteiger partial charge in [0.25, 0.3) is 0 Å². The number of ether oxygens (including phenoxy) is 1. The Bertz CT molecular complexity index is 264. The Kier molecular flexibility index (Phi) is 6.79. The zero-order valence-corrected chi connectivity index (χ0v) is 13.7. The van der Waals surface area contributed by atoms with Gasteiger partial charge < -0.3 is 10.1 Å². The van der Waals surface area contributed by atoms with Crippen LogP contribution in [0.1, 0.15) is 59.3 Å². The van der Waals surface area contributed by atoms with Crippen molar-refractivity contribution in [1.29, 1.82) is 0 Å². The van der Waals surface area contributed by atoms with Crippen LogP contribution in [0.3, 0.4) is 0 Å². The molecule has 1 aliphatic carbocycles. The van der Waals surface area contributed by atoms with Crippen molar-refractivity contribution in [1.82, 2.24) is 10.2 Å². The maximum Gasteiger partial charge on any atom is 0.0597 e. The highest BCUT2D eigenvalue weighted by Crippen LogP contribution is 2.20. The molecule has 3 heteroatoms. The summed E-state index contributed by atoms with van der Waals surface area (Å²) in [4.78, 5) is 2.66. The van der Waals surface area contributed by atoms with Gasteiger partial charge in [0.15, 0.2) is 0 Å². The summed E-state index contributed by atoms with van der Waals surface area (Å²) in [5, 5.41) is 3.71. The summed E-state index contributed by atoms with van der Waals surface area (Å²) in [6.45, 7) is 11.3. The van der Waals surface area contributed by atoms with Crippen LogP contribution in [0.4, 0.5) is 0 Å². The van der Waals surface area contributed by atoms with Crippen LogP contribution in [0, 0.1) is 5.92 Å². The molecule has 0 bridgehead atoms. The Morgan fingerprint density at radius 1 is 1.20 bits per heavy atom. The van der Waals surface area contributed by atoms with Crippen LogP contribution in [0.25, 0.3) is 0 Å². The third-order valence-electron chi connectivity index (χ3n) is 5.12. The molecule has 20 heavy (non-hydrogen) atoms. The SMILES string of the molecule is CCC1CNC(C(C)C)CN1CCOC1CCCCC1. The maximum absolute atomic E-state index is 6.11. The quantitative estimate of drug-likeness (QED) is 0.810. The van der Waals surface area contributed by atoms with E-state index in [0.717, 1.165) is 25.6 Å².